The molecular formula is C14H28N2O4. The summed E-state index contributed by atoms with van der Waals surface area (Å²) in [5, 5.41) is 12.6. The molecular weight excluding hydrogens is 260 g/mol. The number of aliphatic hydroxyl groups excluding tert-OH is 1. The van der Waals surface area contributed by atoms with Crippen molar-refractivity contribution in [1.29, 1.82) is 0 Å². The van der Waals surface area contributed by atoms with E-state index in [-0.39, 0.29) is 24.8 Å². The van der Waals surface area contributed by atoms with Gasteiger partial charge in [0.2, 0.25) is 0 Å². The summed E-state index contributed by atoms with van der Waals surface area (Å²) in [4.78, 5) is 13.8. The maximum Gasteiger partial charge on any atom is 0.410 e. The zero-order valence-corrected chi connectivity index (χ0v) is 13.0. The summed E-state index contributed by atoms with van der Waals surface area (Å²) in [7, 11) is 1.61. The average Bonchev–Trinajstić information content (AvgIpc) is 2.36. The molecule has 118 valence electrons. The number of methoxy groups -OCH3 is 1. The highest BCUT2D eigenvalue weighted by Crippen LogP contribution is 2.15. The Morgan fingerprint density at radius 3 is 2.75 bits per heavy atom. The minimum atomic E-state index is -0.471. The molecule has 0 radical (unpaired) electrons. The van der Waals surface area contributed by atoms with Gasteiger partial charge in [0.25, 0.3) is 0 Å². The molecule has 1 fully saturated rings. The number of likely N-dealkylation sites (tertiary alicyclic amines) is 1. The number of aliphatic hydroxyl groups is 1. The summed E-state index contributed by atoms with van der Waals surface area (Å²) < 4.78 is 10.4. The number of ether oxygens (including phenoxy) is 2. The highest BCUT2D eigenvalue weighted by Gasteiger charge is 2.28. The maximum atomic E-state index is 12.0. The number of carbonyl (C=O) groups excluding carboxylic acids is 1. The first-order valence-electron chi connectivity index (χ1n) is 7.19. The molecule has 2 atom stereocenters. The predicted octanol–water partition coefficient (Wildman–Crippen LogP) is 0.983. The molecule has 6 heteroatoms. The number of hydrogen-bond acceptors (Lipinski definition) is 5. The van der Waals surface area contributed by atoms with Gasteiger partial charge in [0.1, 0.15) is 5.60 Å². The SMILES string of the molecule is COCC(CO)NC1CCCN(C(=O)OC(C)(C)C)C1. The van der Waals surface area contributed by atoms with Crippen molar-refractivity contribution in [3.8, 4) is 0 Å². The summed E-state index contributed by atoms with van der Waals surface area (Å²) in [6.07, 6.45) is 1.65. The molecule has 2 N–H and O–H groups in total. The van der Waals surface area contributed by atoms with Crippen molar-refractivity contribution in [1.82, 2.24) is 10.2 Å². The zero-order chi connectivity index (χ0) is 15.2. The van der Waals surface area contributed by atoms with Crippen molar-refractivity contribution >= 4 is 6.09 Å². The van der Waals surface area contributed by atoms with Crippen LogP contribution >= 0.6 is 0 Å². The average molecular weight is 288 g/mol. The van der Waals surface area contributed by atoms with E-state index in [1.54, 1.807) is 12.0 Å². The lowest BCUT2D eigenvalue weighted by Crippen LogP contribution is -2.53. The first kappa shape index (κ1) is 17.2. The molecule has 0 saturated carbocycles. The van der Waals surface area contributed by atoms with Crippen molar-refractivity contribution < 1.29 is 19.4 Å². The van der Waals surface area contributed by atoms with Gasteiger partial charge in [-0.1, -0.05) is 0 Å². The molecule has 0 aromatic rings. The molecule has 0 aromatic carbocycles. The van der Waals surface area contributed by atoms with Crippen LogP contribution in [0, 0.1) is 0 Å². The largest absolute Gasteiger partial charge is 0.444 e. The van der Waals surface area contributed by atoms with Crippen LogP contribution in [0.1, 0.15) is 33.6 Å². The third-order valence-electron chi connectivity index (χ3n) is 3.13. The van der Waals surface area contributed by atoms with Gasteiger partial charge >= 0.3 is 6.09 Å². The molecule has 0 bridgehead atoms. The van der Waals surface area contributed by atoms with Gasteiger partial charge in [-0.2, -0.15) is 0 Å². The van der Waals surface area contributed by atoms with Gasteiger partial charge in [0, 0.05) is 26.2 Å². The smallest absolute Gasteiger partial charge is 0.410 e. The Morgan fingerprint density at radius 1 is 1.50 bits per heavy atom. The molecule has 1 heterocycles. The van der Waals surface area contributed by atoms with Crippen LogP contribution in [0.25, 0.3) is 0 Å². The molecule has 1 aliphatic heterocycles. The number of hydrogen-bond donors (Lipinski definition) is 2. The molecule has 20 heavy (non-hydrogen) atoms. The fraction of sp³-hybridized carbons (Fsp3) is 0.929. The first-order chi connectivity index (χ1) is 9.35. The molecule has 2 unspecified atom stereocenters. The van der Waals surface area contributed by atoms with Crippen molar-refractivity contribution in [3.05, 3.63) is 0 Å². The maximum absolute atomic E-state index is 12.0. The van der Waals surface area contributed by atoms with Gasteiger partial charge in [-0.3, -0.25) is 0 Å². The topological polar surface area (TPSA) is 71.0 Å². The third kappa shape index (κ3) is 6.07. The quantitative estimate of drug-likeness (QED) is 0.789. The van der Waals surface area contributed by atoms with Crippen molar-refractivity contribution in [2.45, 2.75) is 51.3 Å². The summed E-state index contributed by atoms with van der Waals surface area (Å²) >= 11 is 0. The minimum absolute atomic E-state index is 0.0246. The lowest BCUT2D eigenvalue weighted by molar-refractivity contribution is 0.0172. The summed E-state index contributed by atoms with van der Waals surface area (Å²) in [5.41, 5.74) is -0.471. The van der Waals surface area contributed by atoms with Crippen LogP contribution in [-0.2, 0) is 9.47 Å². The lowest BCUT2D eigenvalue weighted by atomic mass is 10.1. The number of piperidine rings is 1. The predicted molar refractivity (Wildman–Crippen MR) is 76.7 cm³/mol. The molecule has 0 spiro atoms. The Balaban J connectivity index is 2.47. The Morgan fingerprint density at radius 2 is 2.20 bits per heavy atom. The normalized spacial score (nSPS) is 21.6. The summed E-state index contributed by atoms with van der Waals surface area (Å²) in [5.74, 6) is 0. The van der Waals surface area contributed by atoms with Gasteiger partial charge in [-0.25, -0.2) is 4.79 Å². The second kappa shape index (κ2) is 7.81. The van der Waals surface area contributed by atoms with Crippen LogP contribution in [0.3, 0.4) is 0 Å². The molecule has 0 aromatic heterocycles. The monoisotopic (exact) mass is 288 g/mol. The fourth-order valence-corrected chi connectivity index (χ4v) is 2.29. The van der Waals surface area contributed by atoms with E-state index in [0.717, 1.165) is 19.4 Å². The van der Waals surface area contributed by atoms with E-state index >= 15 is 0 Å². The Kier molecular flexibility index (Phi) is 6.71. The molecule has 6 nitrogen and oxygen atoms in total. The lowest BCUT2D eigenvalue weighted by Gasteiger charge is -2.35. The highest BCUT2D eigenvalue weighted by molar-refractivity contribution is 5.68. The second-order valence-corrected chi connectivity index (χ2v) is 6.27. The molecule has 1 amide bonds. The molecule has 0 aliphatic carbocycles. The fourth-order valence-electron chi connectivity index (χ4n) is 2.29. The van der Waals surface area contributed by atoms with E-state index in [9.17, 15) is 9.90 Å². The number of nitrogens with one attached hydrogen (secondary N) is 1. The zero-order valence-electron chi connectivity index (χ0n) is 13.0. The van der Waals surface area contributed by atoms with Crippen molar-refractivity contribution in [2.75, 3.05) is 33.4 Å². The van der Waals surface area contributed by atoms with Crippen molar-refractivity contribution in [2.24, 2.45) is 0 Å². The highest BCUT2D eigenvalue weighted by atomic mass is 16.6. The van der Waals surface area contributed by atoms with Crippen molar-refractivity contribution in [3.63, 3.8) is 0 Å². The standard InChI is InChI=1S/C14H28N2O4/c1-14(2,3)20-13(18)16-7-5-6-11(8-16)15-12(9-17)10-19-4/h11-12,15,17H,5-10H2,1-4H3. The Hall–Kier alpha value is -0.850. The number of rotatable bonds is 5. The van der Waals surface area contributed by atoms with Crippen LogP contribution in [0.15, 0.2) is 0 Å². The van der Waals surface area contributed by atoms with Crippen LogP contribution in [0.2, 0.25) is 0 Å². The van der Waals surface area contributed by atoms with Gasteiger partial charge in [-0.15, -0.1) is 0 Å². The van der Waals surface area contributed by atoms with Gasteiger partial charge in [0.05, 0.1) is 19.3 Å². The van der Waals surface area contributed by atoms with E-state index in [1.165, 1.54) is 0 Å². The molecule has 1 aliphatic rings. The van der Waals surface area contributed by atoms with Gasteiger partial charge in [-0.05, 0) is 33.6 Å². The number of amides is 1. The molecule has 1 rings (SSSR count). The second-order valence-electron chi connectivity index (χ2n) is 6.27. The summed E-state index contributed by atoms with van der Waals surface area (Å²) in [6.45, 7) is 7.41. The Bertz CT molecular complexity index is 304. The van der Waals surface area contributed by atoms with E-state index in [4.69, 9.17) is 9.47 Å². The molecule has 1 saturated heterocycles. The van der Waals surface area contributed by atoms with E-state index < -0.39 is 5.60 Å². The van der Waals surface area contributed by atoms with E-state index in [0.29, 0.717) is 13.2 Å². The Labute approximate surface area is 121 Å². The first-order valence-corrected chi connectivity index (χ1v) is 7.19. The minimum Gasteiger partial charge on any atom is -0.444 e. The van der Waals surface area contributed by atoms with Crippen LogP contribution in [0.5, 0.6) is 0 Å². The number of nitrogens with zero attached hydrogens (tertiary/aromatic N) is 1. The third-order valence-corrected chi connectivity index (χ3v) is 3.13. The van der Waals surface area contributed by atoms with Crippen LogP contribution < -0.4 is 5.32 Å². The summed E-state index contributed by atoms with van der Waals surface area (Å²) in [6, 6.07) is 0.0761. The van der Waals surface area contributed by atoms with Gasteiger partial charge < -0.3 is 24.8 Å². The van der Waals surface area contributed by atoms with Gasteiger partial charge in [0.15, 0.2) is 0 Å². The van der Waals surface area contributed by atoms with E-state index in [1.807, 2.05) is 20.8 Å². The number of carbonyl (C=O) groups is 1. The van der Waals surface area contributed by atoms with Crippen LogP contribution in [0.4, 0.5) is 4.79 Å². The van der Waals surface area contributed by atoms with Crippen LogP contribution in [-0.4, -0.2) is 67.2 Å². The van der Waals surface area contributed by atoms with E-state index in [2.05, 4.69) is 5.32 Å².